The predicted molar refractivity (Wildman–Crippen MR) is 74.8 cm³/mol. The lowest BCUT2D eigenvalue weighted by Crippen LogP contribution is -2.44. The third-order valence-electron chi connectivity index (χ3n) is 3.22. The van der Waals surface area contributed by atoms with Crippen LogP contribution in [0.2, 0.25) is 0 Å². The van der Waals surface area contributed by atoms with Crippen LogP contribution in [0.3, 0.4) is 0 Å². The van der Waals surface area contributed by atoms with E-state index in [-0.39, 0.29) is 0 Å². The number of morpholine rings is 1. The van der Waals surface area contributed by atoms with E-state index in [4.69, 9.17) is 9.84 Å². The molecule has 0 amide bonds. The molecule has 1 aromatic rings. The van der Waals surface area contributed by atoms with Gasteiger partial charge in [-0.15, -0.1) is 11.3 Å². The van der Waals surface area contributed by atoms with Gasteiger partial charge in [-0.25, -0.2) is 4.79 Å². The SMILES string of the molecule is CC(CN1CCOCC1)NCc1ccsc1C(=O)O. The van der Waals surface area contributed by atoms with Crippen molar-refractivity contribution < 1.29 is 14.6 Å². The fraction of sp³-hybridized carbons (Fsp3) is 0.615. The van der Waals surface area contributed by atoms with E-state index in [1.807, 2.05) is 11.4 Å². The van der Waals surface area contributed by atoms with Crippen LogP contribution in [0.15, 0.2) is 11.4 Å². The van der Waals surface area contributed by atoms with E-state index in [0.717, 1.165) is 38.4 Å². The minimum absolute atomic E-state index is 0.333. The number of carbonyl (C=O) groups is 1. The third-order valence-corrected chi connectivity index (χ3v) is 4.16. The molecule has 0 aromatic carbocycles. The minimum atomic E-state index is -0.840. The average Bonchev–Trinajstić information content (AvgIpc) is 2.86. The van der Waals surface area contributed by atoms with Crippen molar-refractivity contribution in [1.82, 2.24) is 10.2 Å². The molecule has 2 N–H and O–H groups in total. The van der Waals surface area contributed by atoms with E-state index >= 15 is 0 Å². The molecule has 5 nitrogen and oxygen atoms in total. The van der Waals surface area contributed by atoms with Gasteiger partial charge >= 0.3 is 5.97 Å². The first-order valence-corrected chi connectivity index (χ1v) is 7.38. The second kappa shape index (κ2) is 7.00. The highest BCUT2D eigenvalue weighted by atomic mass is 32.1. The van der Waals surface area contributed by atoms with Crippen LogP contribution in [0, 0.1) is 0 Å². The van der Waals surface area contributed by atoms with Gasteiger partial charge in [0.1, 0.15) is 4.88 Å². The van der Waals surface area contributed by atoms with Gasteiger partial charge in [-0.05, 0) is 23.9 Å². The van der Waals surface area contributed by atoms with Crippen molar-refractivity contribution in [3.63, 3.8) is 0 Å². The van der Waals surface area contributed by atoms with Crippen molar-refractivity contribution in [1.29, 1.82) is 0 Å². The van der Waals surface area contributed by atoms with Gasteiger partial charge < -0.3 is 15.2 Å². The summed E-state index contributed by atoms with van der Waals surface area (Å²) in [5.74, 6) is -0.840. The summed E-state index contributed by atoms with van der Waals surface area (Å²) in [5.41, 5.74) is 0.867. The van der Waals surface area contributed by atoms with Crippen LogP contribution in [0.5, 0.6) is 0 Å². The zero-order chi connectivity index (χ0) is 13.7. The number of rotatable bonds is 6. The Morgan fingerprint density at radius 3 is 3.00 bits per heavy atom. The van der Waals surface area contributed by atoms with Crippen molar-refractivity contribution in [2.45, 2.75) is 19.5 Å². The molecular weight excluding hydrogens is 264 g/mol. The van der Waals surface area contributed by atoms with Gasteiger partial charge in [0.2, 0.25) is 0 Å². The number of nitrogens with one attached hydrogen (secondary N) is 1. The molecule has 1 saturated heterocycles. The molecule has 6 heteroatoms. The first-order valence-electron chi connectivity index (χ1n) is 6.50. The molecule has 0 aliphatic carbocycles. The normalized spacial score (nSPS) is 18.4. The highest BCUT2D eigenvalue weighted by Gasteiger charge is 2.15. The number of aromatic carboxylic acids is 1. The topological polar surface area (TPSA) is 61.8 Å². The van der Waals surface area contributed by atoms with Crippen LogP contribution in [0.4, 0.5) is 0 Å². The summed E-state index contributed by atoms with van der Waals surface area (Å²) in [6.45, 7) is 7.27. The molecule has 1 aliphatic heterocycles. The average molecular weight is 284 g/mol. The summed E-state index contributed by atoms with van der Waals surface area (Å²) in [4.78, 5) is 13.8. The van der Waals surface area contributed by atoms with Gasteiger partial charge in [0.05, 0.1) is 13.2 Å². The molecule has 1 atom stereocenters. The summed E-state index contributed by atoms with van der Waals surface area (Å²) in [5, 5.41) is 14.3. The molecule has 0 radical (unpaired) electrons. The summed E-state index contributed by atoms with van der Waals surface area (Å²) < 4.78 is 5.32. The van der Waals surface area contributed by atoms with Crippen molar-refractivity contribution in [2.24, 2.45) is 0 Å². The fourth-order valence-electron chi connectivity index (χ4n) is 2.18. The molecule has 1 fully saturated rings. The lowest BCUT2D eigenvalue weighted by molar-refractivity contribution is 0.0343. The molecule has 2 heterocycles. The van der Waals surface area contributed by atoms with Crippen LogP contribution in [-0.4, -0.2) is 54.9 Å². The van der Waals surface area contributed by atoms with E-state index in [9.17, 15) is 4.79 Å². The highest BCUT2D eigenvalue weighted by Crippen LogP contribution is 2.16. The Bertz CT molecular complexity index is 416. The lowest BCUT2D eigenvalue weighted by atomic mass is 10.2. The summed E-state index contributed by atoms with van der Waals surface area (Å²) in [6.07, 6.45) is 0. The van der Waals surface area contributed by atoms with Gasteiger partial charge in [-0.1, -0.05) is 0 Å². The van der Waals surface area contributed by atoms with Gasteiger partial charge in [0.25, 0.3) is 0 Å². The summed E-state index contributed by atoms with van der Waals surface area (Å²) >= 11 is 1.28. The maximum atomic E-state index is 11.0. The predicted octanol–water partition coefficient (Wildman–Crippen LogP) is 1.26. The maximum absolute atomic E-state index is 11.0. The first-order chi connectivity index (χ1) is 9.16. The largest absolute Gasteiger partial charge is 0.477 e. The quantitative estimate of drug-likeness (QED) is 0.823. The van der Waals surface area contributed by atoms with Gasteiger partial charge in [0, 0.05) is 32.2 Å². The molecule has 2 rings (SSSR count). The van der Waals surface area contributed by atoms with Gasteiger partial charge in [0.15, 0.2) is 0 Å². The molecular formula is C13H20N2O3S. The molecule has 106 valence electrons. The minimum Gasteiger partial charge on any atom is -0.477 e. The van der Waals surface area contributed by atoms with Crippen LogP contribution in [0.25, 0.3) is 0 Å². The Morgan fingerprint density at radius 2 is 2.32 bits per heavy atom. The third kappa shape index (κ3) is 4.28. The molecule has 1 aliphatic rings. The maximum Gasteiger partial charge on any atom is 0.346 e. The first kappa shape index (κ1) is 14.5. The number of carboxylic acid groups (broad SMARTS) is 1. The van der Waals surface area contributed by atoms with Gasteiger partial charge in [-0.2, -0.15) is 0 Å². The van der Waals surface area contributed by atoms with Crippen LogP contribution in [-0.2, 0) is 11.3 Å². The Kier molecular flexibility index (Phi) is 5.33. The highest BCUT2D eigenvalue weighted by molar-refractivity contribution is 7.12. The standard InChI is InChI=1S/C13H20N2O3S/c1-10(9-15-3-5-18-6-4-15)14-8-11-2-7-19-12(11)13(16)17/h2,7,10,14H,3-6,8-9H2,1H3,(H,16,17). The smallest absolute Gasteiger partial charge is 0.346 e. The molecule has 1 aromatic heterocycles. The van der Waals surface area contributed by atoms with Crippen molar-refractivity contribution >= 4 is 17.3 Å². The fourth-order valence-corrected chi connectivity index (χ4v) is 2.94. The number of hydrogen-bond acceptors (Lipinski definition) is 5. The summed E-state index contributed by atoms with van der Waals surface area (Å²) in [6, 6.07) is 2.21. The van der Waals surface area contributed by atoms with E-state index in [1.54, 1.807) is 0 Å². The number of carboxylic acids is 1. The number of ether oxygens (including phenoxy) is 1. The Labute approximate surface area is 117 Å². The Balaban J connectivity index is 1.77. The number of thiophene rings is 1. The zero-order valence-electron chi connectivity index (χ0n) is 11.1. The Morgan fingerprint density at radius 1 is 1.58 bits per heavy atom. The van der Waals surface area contributed by atoms with E-state index in [2.05, 4.69) is 17.1 Å². The van der Waals surface area contributed by atoms with Crippen molar-refractivity contribution in [3.8, 4) is 0 Å². The lowest BCUT2D eigenvalue weighted by Gasteiger charge is -2.29. The second-order valence-electron chi connectivity index (χ2n) is 4.78. The van der Waals surface area contributed by atoms with Gasteiger partial charge in [-0.3, -0.25) is 4.90 Å². The molecule has 19 heavy (non-hydrogen) atoms. The Hall–Kier alpha value is -0.950. The second-order valence-corrected chi connectivity index (χ2v) is 5.69. The van der Waals surface area contributed by atoms with Crippen molar-refractivity contribution in [3.05, 3.63) is 21.9 Å². The number of hydrogen-bond donors (Lipinski definition) is 2. The van der Waals surface area contributed by atoms with Crippen LogP contribution >= 0.6 is 11.3 Å². The monoisotopic (exact) mass is 284 g/mol. The van der Waals surface area contributed by atoms with Crippen LogP contribution in [0.1, 0.15) is 22.2 Å². The van der Waals surface area contributed by atoms with Crippen molar-refractivity contribution in [2.75, 3.05) is 32.8 Å². The van der Waals surface area contributed by atoms with E-state index in [1.165, 1.54) is 11.3 Å². The summed E-state index contributed by atoms with van der Waals surface area (Å²) in [7, 11) is 0. The molecule has 0 spiro atoms. The van der Waals surface area contributed by atoms with E-state index in [0.29, 0.717) is 17.5 Å². The molecule has 0 bridgehead atoms. The molecule has 0 saturated carbocycles. The van der Waals surface area contributed by atoms with Crippen LogP contribution < -0.4 is 5.32 Å². The zero-order valence-corrected chi connectivity index (χ0v) is 11.9. The molecule has 1 unspecified atom stereocenters. The number of nitrogens with zero attached hydrogens (tertiary/aromatic N) is 1. The van der Waals surface area contributed by atoms with E-state index < -0.39 is 5.97 Å².